The number of rotatable bonds is 4. The first-order chi connectivity index (χ1) is 11.3. The summed E-state index contributed by atoms with van der Waals surface area (Å²) >= 11 is 0. The Morgan fingerprint density at radius 2 is 2.09 bits per heavy atom. The van der Waals surface area contributed by atoms with E-state index in [2.05, 4.69) is 38.8 Å². The smallest absolute Gasteiger partial charge is 0.144 e. The number of hydrogen-bond acceptors (Lipinski definition) is 3. The summed E-state index contributed by atoms with van der Waals surface area (Å²) in [5.41, 5.74) is 9.23. The van der Waals surface area contributed by atoms with E-state index in [1.807, 2.05) is 12.3 Å². The highest BCUT2D eigenvalue weighted by molar-refractivity contribution is 5.78. The van der Waals surface area contributed by atoms with Gasteiger partial charge in [0, 0.05) is 29.9 Å². The minimum absolute atomic E-state index is 0.518. The number of fused-ring (bicyclic) bond motifs is 1. The lowest BCUT2D eigenvalue weighted by molar-refractivity contribution is 0.189. The number of pyridine rings is 1. The van der Waals surface area contributed by atoms with Crippen LogP contribution in [0.4, 0.5) is 0 Å². The van der Waals surface area contributed by atoms with Gasteiger partial charge >= 0.3 is 0 Å². The highest BCUT2D eigenvalue weighted by atomic mass is 15.3. The zero-order chi connectivity index (χ0) is 15.4. The molecule has 5 heteroatoms. The summed E-state index contributed by atoms with van der Waals surface area (Å²) in [6.45, 7) is 0.798. The van der Waals surface area contributed by atoms with Crippen LogP contribution >= 0.6 is 0 Å². The lowest BCUT2D eigenvalue weighted by Gasteiger charge is -2.34. The molecule has 0 atom stereocenters. The molecular formula is C18H21N5. The fraction of sp³-hybridized carbons (Fsp3) is 0.444. The molecule has 0 aromatic carbocycles. The Bertz CT molecular complexity index is 851. The molecule has 0 amide bonds. The Hall–Kier alpha value is -2.14. The molecule has 3 heterocycles. The quantitative estimate of drug-likeness (QED) is 0.806. The molecule has 2 saturated carbocycles. The molecule has 2 aliphatic carbocycles. The topological polar surface area (TPSA) is 61.7 Å². The standard InChI is InChI=1S/C18H21N5/c19-10-12-8-15(9-12)23-11-16(17(21-23)13-3-4-13)22-7-5-14-2-1-6-20-18(14)22/h1-2,5-7,11-13,15H,3-4,8-10,19H2. The third-order valence-electron chi connectivity index (χ3n) is 5.33. The molecular weight excluding hydrogens is 286 g/mol. The van der Waals surface area contributed by atoms with Gasteiger partial charge in [0.25, 0.3) is 0 Å². The number of nitrogens with zero attached hydrogens (tertiary/aromatic N) is 4. The maximum atomic E-state index is 5.76. The summed E-state index contributed by atoms with van der Waals surface area (Å²) in [5.74, 6) is 1.30. The minimum Gasteiger partial charge on any atom is -0.330 e. The Morgan fingerprint density at radius 3 is 2.87 bits per heavy atom. The summed E-state index contributed by atoms with van der Waals surface area (Å²) < 4.78 is 4.38. The van der Waals surface area contributed by atoms with Crippen molar-refractivity contribution >= 4 is 11.0 Å². The van der Waals surface area contributed by atoms with Gasteiger partial charge in [0.1, 0.15) is 5.65 Å². The predicted octanol–water partition coefficient (Wildman–Crippen LogP) is 3.01. The fourth-order valence-electron chi connectivity index (χ4n) is 3.69. The zero-order valence-electron chi connectivity index (χ0n) is 13.1. The molecule has 2 aliphatic rings. The molecule has 5 rings (SSSR count). The lowest BCUT2D eigenvalue weighted by Crippen LogP contribution is -2.32. The van der Waals surface area contributed by atoms with Gasteiger partial charge in [0.05, 0.1) is 17.4 Å². The number of nitrogens with two attached hydrogens (primary N) is 1. The number of hydrogen-bond donors (Lipinski definition) is 1. The molecule has 2 fully saturated rings. The van der Waals surface area contributed by atoms with Gasteiger partial charge in [0.15, 0.2) is 0 Å². The second kappa shape index (κ2) is 4.93. The van der Waals surface area contributed by atoms with Crippen molar-refractivity contribution in [2.75, 3.05) is 6.54 Å². The van der Waals surface area contributed by atoms with E-state index in [4.69, 9.17) is 10.8 Å². The van der Waals surface area contributed by atoms with Crippen LogP contribution in [-0.2, 0) is 0 Å². The van der Waals surface area contributed by atoms with E-state index in [0.29, 0.717) is 17.9 Å². The van der Waals surface area contributed by atoms with Crippen LogP contribution in [0.2, 0.25) is 0 Å². The molecule has 2 N–H and O–H groups in total. The molecule has 0 spiro atoms. The Labute approximate surface area is 135 Å². The lowest BCUT2D eigenvalue weighted by atomic mass is 9.80. The maximum Gasteiger partial charge on any atom is 0.144 e. The molecule has 0 saturated heterocycles. The predicted molar refractivity (Wildman–Crippen MR) is 89.6 cm³/mol. The molecule has 23 heavy (non-hydrogen) atoms. The van der Waals surface area contributed by atoms with Gasteiger partial charge in [-0.15, -0.1) is 0 Å². The monoisotopic (exact) mass is 307 g/mol. The van der Waals surface area contributed by atoms with Crippen LogP contribution in [-0.4, -0.2) is 25.9 Å². The number of aromatic nitrogens is 4. The second-order valence-electron chi connectivity index (χ2n) is 6.98. The van der Waals surface area contributed by atoms with E-state index >= 15 is 0 Å². The van der Waals surface area contributed by atoms with Crippen molar-refractivity contribution in [3.63, 3.8) is 0 Å². The molecule has 5 nitrogen and oxygen atoms in total. The van der Waals surface area contributed by atoms with E-state index in [0.717, 1.165) is 25.0 Å². The van der Waals surface area contributed by atoms with Gasteiger partial charge in [-0.1, -0.05) is 0 Å². The first-order valence-electron chi connectivity index (χ1n) is 8.55. The summed E-state index contributed by atoms with van der Waals surface area (Å²) in [6.07, 6.45) is 11.0. The van der Waals surface area contributed by atoms with Gasteiger partial charge < -0.3 is 5.73 Å². The Balaban J connectivity index is 1.58. The third-order valence-corrected chi connectivity index (χ3v) is 5.33. The van der Waals surface area contributed by atoms with Crippen molar-refractivity contribution in [2.24, 2.45) is 11.7 Å². The normalized spacial score (nSPS) is 24.0. The van der Waals surface area contributed by atoms with Crippen molar-refractivity contribution in [1.82, 2.24) is 19.3 Å². The molecule has 0 radical (unpaired) electrons. The molecule has 0 bridgehead atoms. The van der Waals surface area contributed by atoms with E-state index < -0.39 is 0 Å². The van der Waals surface area contributed by atoms with Gasteiger partial charge in [-0.2, -0.15) is 5.10 Å². The molecule has 3 aromatic rings. The largest absolute Gasteiger partial charge is 0.330 e. The SMILES string of the molecule is NCC1CC(n2cc(-n3ccc4cccnc43)c(C3CC3)n2)C1. The van der Waals surface area contributed by atoms with Crippen LogP contribution in [0.3, 0.4) is 0 Å². The van der Waals surface area contributed by atoms with Crippen LogP contribution in [0.25, 0.3) is 16.7 Å². The van der Waals surface area contributed by atoms with E-state index in [1.165, 1.54) is 29.6 Å². The highest BCUT2D eigenvalue weighted by Crippen LogP contribution is 2.44. The first kappa shape index (κ1) is 13.3. The van der Waals surface area contributed by atoms with Gasteiger partial charge in [-0.3, -0.25) is 9.25 Å². The average molecular weight is 307 g/mol. The van der Waals surface area contributed by atoms with Crippen LogP contribution in [0, 0.1) is 5.92 Å². The average Bonchev–Trinajstić information content (AvgIpc) is 3.15. The molecule has 0 unspecified atom stereocenters. The summed E-state index contributed by atoms with van der Waals surface area (Å²) in [6, 6.07) is 6.74. The van der Waals surface area contributed by atoms with Crippen LogP contribution in [0.15, 0.2) is 36.8 Å². The molecule has 3 aromatic heterocycles. The second-order valence-corrected chi connectivity index (χ2v) is 6.98. The van der Waals surface area contributed by atoms with E-state index in [9.17, 15) is 0 Å². The van der Waals surface area contributed by atoms with Crippen LogP contribution < -0.4 is 5.73 Å². The highest BCUT2D eigenvalue weighted by Gasteiger charge is 2.34. The maximum absolute atomic E-state index is 5.76. The van der Waals surface area contributed by atoms with Crippen molar-refractivity contribution in [3.05, 3.63) is 42.5 Å². The zero-order valence-corrected chi connectivity index (χ0v) is 13.1. The summed E-state index contributed by atoms with van der Waals surface area (Å²) in [4.78, 5) is 4.56. The fourth-order valence-corrected chi connectivity index (χ4v) is 3.69. The summed E-state index contributed by atoms with van der Waals surface area (Å²) in [7, 11) is 0. The van der Waals surface area contributed by atoms with Crippen LogP contribution in [0.5, 0.6) is 0 Å². The van der Waals surface area contributed by atoms with Crippen molar-refractivity contribution < 1.29 is 0 Å². The van der Waals surface area contributed by atoms with E-state index in [-0.39, 0.29) is 0 Å². The molecule has 0 aliphatic heterocycles. The van der Waals surface area contributed by atoms with Crippen LogP contribution in [0.1, 0.15) is 43.3 Å². The van der Waals surface area contributed by atoms with Crippen molar-refractivity contribution in [3.8, 4) is 5.69 Å². The first-order valence-corrected chi connectivity index (χ1v) is 8.55. The summed E-state index contributed by atoms with van der Waals surface area (Å²) in [5, 5.41) is 6.13. The Kier molecular flexibility index (Phi) is 2.85. The van der Waals surface area contributed by atoms with Gasteiger partial charge in [-0.05, 0) is 56.3 Å². The Morgan fingerprint density at radius 1 is 1.22 bits per heavy atom. The van der Waals surface area contributed by atoms with Crippen molar-refractivity contribution in [1.29, 1.82) is 0 Å². The third kappa shape index (κ3) is 2.10. The molecule has 118 valence electrons. The van der Waals surface area contributed by atoms with Crippen molar-refractivity contribution in [2.45, 2.75) is 37.6 Å². The van der Waals surface area contributed by atoms with Gasteiger partial charge in [-0.25, -0.2) is 4.98 Å². The minimum atomic E-state index is 0.518. The van der Waals surface area contributed by atoms with E-state index in [1.54, 1.807) is 0 Å². The van der Waals surface area contributed by atoms with Gasteiger partial charge in [0.2, 0.25) is 0 Å².